The largest absolute Gasteiger partial charge is 0.279 e. The fourth-order valence-corrected chi connectivity index (χ4v) is 3.14. The quantitative estimate of drug-likeness (QED) is 0.336. The minimum Gasteiger partial charge on any atom is -0.279 e. The van der Waals surface area contributed by atoms with Gasteiger partial charge in [-0.25, -0.2) is 0 Å². The minimum absolute atomic E-state index is 0.516. The van der Waals surface area contributed by atoms with Crippen molar-refractivity contribution in [3.05, 3.63) is 0 Å². The van der Waals surface area contributed by atoms with Crippen molar-refractivity contribution in [2.75, 3.05) is 6.54 Å². The van der Waals surface area contributed by atoms with Gasteiger partial charge in [-0.3, -0.25) is 5.32 Å². The summed E-state index contributed by atoms with van der Waals surface area (Å²) in [6, 6.07) is 0. The van der Waals surface area contributed by atoms with Gasteiger partial charge >= 0.3 is 0 Å². The average Bonchev–Trinajstić information content (AvgIpc) is 2.50. The van der Waals surface area contributed by atoms with Crippen molar-refractivity contribution in [3.8, 4) is 0 Å². The molecule has 0 aromatic carbocycles. The molecule has 0 aromatic heterocycles. The molecule has 3 nitrogen and oxygen atoms in total. The van der Waals surface area contributed by atoms with Crippen molar-refractivity contribution in [3.63, 3.8) is 0 Å². The lowest BCUT2D eigenvalue weighted by atomic mass is 10.1. The van der Waals surface area contributed by atoms with Crippen molar-refractivity contribution in [1.29, 1.82) is 0 Å². The molecule has 0 aromatic rings. The first-order valence-electron chi connectivity index (χ1n) is 9.41. The molecule has 0 fully saturated rings. The summed E-state index contributed by atoms with van der Waals surface area (Å²) in [7, 11) is -2.07. The van der Waals surface area contributed by atoms with Crippen LogP contribution in [-0.4, -0.2) is 20.0 Å². The fraction of sp³-hybridized carbons (Fsp3) is 0.944. The van der Waals surface area contributed by atoms with E-state index in [0.717, 1.165) is 25.8 Å². The molecule has 4 heteroatoms. The molecule has 0 atom stereocenters. The molecule has 0 spiro atoms. The van der Waals surface area contributed by atoms with Crippen molar-refractivity contribution >= 4 is 15.3 Å². The molecule has 0 radical (unpaired) electrons. The van der Waals surface area contributed by atoms with Crippen LogP contribution >= 0.6 is 0 Å². The third-order valence-corrected chi connectivity index (χ3v) is 4.81. The summed E-state index contributed by atoms with van der Waals surface area (Å²) >= 11 is 0. The topological polar surface area (TPSA) is 46.2 Å². The van der Waals surface area contributed by atoms with Crippen LogP contribution in [0, 0.1) is 0 Å². The van der Waals surface area contributed by atoms with E-state index in [1.165, 1.54) is 64.2 Å². The van der Waals surface area contributed by atoms with Gasteiger partial charge in [0.25, 0.3) is 0 Å². The normalized spacial score (nSPS) is 10.8. The molecule has 0 heterocycles. The second-order valence-electron chi connectivity index (χ2n) is 6.22. The zero-order valence-electron chi connectivity index (χ0n) is 14.8. The van der Waals surface area contributed by atoms with Gasteiger partial charge in [-0.1, -0.05) is 84.5 Å². The van der Waals surface area contributed by atoms with Crippen molar-refractivity contribution in [1.82, 2.24) is 5.32 Å². The lowest BCUT2D eigenvalue weighted by Gasteiger charge is -2.06. The van der Waals surface area contributed by atoms with Crippen LogP contribution in [-0.2, 0) is 10.3 Å². The Morgan fingerprint density at radius 2 is 1.14 bits per heavy atom. The van der Waals surface area contributed by atoms with Gasteiger partial charge < -0.3 is 0 Å². The van der Waals surface area contributed by atoms with Crippen LogP contribution < -0.4 is 5.32 Å². The zero-order chi connectivity index (χ0) is 16.5. The van der Waals surface area contributed by atoms with E-state index < -0.39 is 10.3 Å². The molecule has 0 saturated heterocycles. The molecule has 22 heavy (non-hydrogen) atoms. The van der Waals surface area contributed by atoms with E-state index in [2.05, 4.69) is 19.2 Å². The summed E-state index contributed by atoms with van der Waals surface area (Å²) in [4.78, 5) is 0.516. The third-order valence-electron chi connectivity index (χ3n) is 4.06. The average molecular weight is 332 g/mol. The zero-order valence-corrected chi connectivity index (χ0v) is 15.6. The molecule has 1 N–H and O–H groups in total. The highest BCUT2D eigenvalue weighted by Crippen LogP contribution is 2.08. The maximum absolute atomic E-state index is 11.2. The molecular formula is C18H37NO2S. The van der Waals surface area contributed by atoms with Gasteiger partial charge in [-0.15, -0.1) is 0 Å². The lowest BCUT2D eigenvalue weighted by molar-refractivity contribution is 0.588. The standard InChI is InChI=1S/C18H37NO2S/c1-3-5-7-9-11-12-14-16-18(22(20)21)19-17-15-13-10-8-6-4-2/h19H,3-17H2,1-2H3. The van der Waals surface area contributed by atoms with Crippen molar-refractivity contribution in [2.24, 2.45) is 0 Å². The number of hydrogen-bond acceptors (Lipinski definition) is 2. The molecule has 0 aliphatic heterocycles. The Labute approximate surface area is 139 Å². The van der Waals surface area contributed by atoms with Crippen LogP contribution in [0.3, 0.4) is 0 Å². The molecule has 0 amide bonds. The molecule has 0 aliphatic carbocycles. The summed E-state index contributed by atoms with van der Waals surface area (Å²) in [5.74, 6) is 0. The van der Waals surface area contributed by atoms with Crippen molar-refractivity contribution in [2.45, 2.75) is 104 Å². The van der Waals surface area contributed by atoms with Crippen LogP contribution in [0.25, 0.3) is 0 Å². The first-order valence-corrected chi connectivity index (χ1v) is 10.5. The van der Waals surface area contributed by atoms with E-state index in [0.29, 0.717) is 11.4 Å². The molecule has 0 aliphatic rings. The lowest BCUT2D eigenvalue weighted by Crippen LogP contribution is -2.25. The van der Waals surface area contributed by atoms with E-state index in [1.54, 1.807) is 0 Å². The number of hydrogen-bond donors (Lipinski definition) is 1. The Balaban J connectivity index is 3.61. The first kappa shape index (κ1) is 21.6. The Kier molecular flexibility index (Phi) is 16.7. The van der Waals surface area contributed by atoms with E-state index in [1.807, 2.05) is 0 Å². The molecule has 0 rings (SSSR count). The van der Waals surface area contributed by atoms with E-state index in [-0.39, 0.29) is 0 Å². The van der Waals surface area contributed by atoms with Gasteiger partial charge in [0.05, 0.1) is 0 Å². The summed E-state index contributed by atoms with van der Waals surface area (Å²) in [6.45, 7) is 5.24. The summed E-state index contributed by atoms with van der Waals surface area (Å²) in [5, 5.41) is 3.13. The predicted octanol–water partition coefficient (Wildman–Crippen LogP) is 5.09. The van der Waals surface area contributed by atoms with Gasteiger partial charge in [-0.05, 0) is 19.3 Å². The minimum atomic E-state index is -2.07. The molecular weight excluding hydrogens is 294 g/mol. The third kappa shape index (κ3) is 14.6. The van der Waals surface area contributed by atoms with E-state index in [9.17, 15) is 8.42 Å². The smallest absolute Gasteiger partial charge is 0.228 e. The SMILES string of the molecule is CCCCCCCCCC(NCCCCCCCC)=S(=O)=O. The first-order chi connectivity index (χ1) is 10.7. The summed E-state index contributed by atoms with van der Waals surface area (Å²) in [6.07, 6.45) is 16.7. The van der Waals surface area contributed by atoms with Crippen molar-refractivity contribution < 1.29 is 8.42 Å². The number of rotatable bonds is 15. The van der Waals surface area contributed by atoms with Crippen LogP contribution in [0.15, 0.2) is 0 Å². The van der Waals surface area contributed by atoms with Gasteiger partial charge in [0.2, 0.25) is 10.3 Å². The Morgan fingerprint density at radius 1 is 0.682 bits per heavy atom. The Morgan fingerprint density at radius 3 is 1.64 bits per heavy atom. The molecule has 0 unspecified atom stereocenters. The van der Waals surface area contributed by atoms with Gasteiger partial charge in [0.1, 0.15) is 4.99 Å². The molecule has 0 saturated carbocycles. The molecule has 132 valence electrons. The predicted molar refractivity (Wildman–Crippen MR) is 97.9 cm³/mol. The monoisotopic (exact) mass is 331 g/mol. The van der Waals surface area contributed by atoms with Gasteiger partial charge in [0.15, 0.2) is 0 Å². The summed E-state index contributed by atoms with van der Waals surface area (Å²) < 4.78 is 22.4. The van der Waals surface area contributed by atoms with E-state index in [4.69, 9.17) is 0 Å². The number of unbranched alkanes of at least 4 members (excludes halogenated alkanes) is 11. The second kappa shape index (κ2) is 17.0. The highest BCUT2D eigenvalue weighted by atomic mass is 32.2. The van der Waals surface area contributed by atoms with Crippen LogP contribution in [0.5, 0.6) is 0 Å². The van der Waals surface area contributed by atoms with Crippen LogP contribution in [0.1, 0.15) is 104 Å². The maximum Gasteiger partial charge on any atom is 0.228 e. The van der Waals surface area contributed by atoms with Gasteiger partial charge in [-0.2, -0.15) is 8.42 Å². The van der Waals surface area contributed by atoms with Crippen LogP contribution in [0.4, 0.5) is 0 Å². The molecule has 0 bridgehead atoms. The maximum atomic E-state index is 11.2. The van der Waals surface area contributed by atoms with Gasteiger partial charge in [0, 0.05) is 6.54 Å². The Hall–Kier alpha value is -0.350. The highest BCUT2D eigenvalue weighted by molar-refractivity contribution is 7.72. The summed E-state index contributed by atoms with van der Waals surface area (Å²) in [5.41, 5.74) is 0. The Bertz CT molecular complexity index is 335. The highest BCUT2D eigenvalue weighted by Gasteiger charge is 2.01. The number of nitrogens with one attached hydrogen (secondary N) is 1. The fourth-order valence-electron chi connectivity index (χ4n) is 2.61. The second-order valence-corrected chi connectivity index (χ2v) is 7.19. The van der Waals surface area contributed by atoms with E-state index >= 15 is 0 Å². The van der Waals surface area contributed by atoms with Crippen LogP contribution in [0.2, 0.25) is 0 Å².